The molecule has 228 valence electrons. The van der Waals surface area contributed by atoms with Gasteiger partial charge >= 0.3 is 18.0 Å². The molecule has 0 heterocycles. The average molecular weight is 577 g/mol. The van der Waals surface area contributed by atoms with Crippen molar-refractivity contribution in [3.05, 3.63) is 35.9 Å². The maximum Gasteiger partial charge on any atom is 0.417 e. The van der Waals surface area contributed by atoms with E-state index in [1.54, 1.807) is 30.3 Å². The number of amides is 3. The van der Waals surface area contributed by atoms with Gasteiger partial charge in [0, 0.05) is 12.5 Å². The molecule has 0 aromatic heterocycles. The Balaban J connectivity index is 2.24. The number of carboxylic acids is 2. The summed E-state index contributed by atoms with van der Waals surface area (Å²) in [7, 11) is 0. The van der Waals surface area contributed by atoms with E-state index in [1.165, 1.54) is 4.90 Å². The first kappa shape index (κ1) is 33.7. The predicted molar refractivity (Wildman–Crippen MR) is 150 cm³/mol. The maximum absolute atomic E-state index is 13.3. The standard InChI is InChI=1S/C29H44N4O8/c30-18-10-9-15-23(31)27(37)33(29(40)41-20-21-11-5-4-6-12-21)24(28(38)39)16-17-25(34)32(19-26(35)36)22-13-7-2-1-3-8-14-22/h4-6,11-12,22-24H,1-3,7-10,13-20,30-31H2,(H,35,36)(H,38,39)/t23-,24+/m0/s1. The summed E-state index contributed by atoms with van der Waals surface area (Å²) in [6, 6.07) is 5.49. The minimum absolute atomic E-state index is 0.178. The number of nitrogens with zero attached hydrogens (tertiary/aromatic N) is 2. The van der Waals surface area contributed by atoms with Crippen molar-refractivity contribution in [1.29, 1.82) is 0 Å². The molecule has 0 bridgehead atoms. The molecule has 0 spiro atoms. The Hall–Kier alpha value is -3.51. The van der Waals surface area contributed by atoms with E-state index < -0.39 is 54.9 Å². The second-order valence-electron chi connectivity index (χ2n) is 10.4. The molecule has 1 aliphatic rings. The van der Waals surface area contributed by atoms with Crippen LogP contribution in [0.25, 0.3) is 0 Å². The molecular formula is C29H44N4O8. The Bertz CT molecular complexity index is 998. The first-order valence-corrected chi connectivity index (χ1v) is 14.4. The molecule has 1 saturated carbocycles. The van der Waals surface area contributed by atoms with Crippen molar-refractivity contribution in [1.82, 2.24) is 9.80 Å². The SMILES string of the molecule is NCCCC[C@H](N)C(=O)N(C(=O)OCc1ccccc1)[C@H](CCC(=O)N(CC(=O)O)C1CCCCCCC1)C(=O)O. The lowest BCUT2D eigenvalue weighted by Gasteiger charge is -2.33. The highest BCUT2D eigenvalue weighted by Crippen LogP contribution is 2.23. The molecule has 2 atom stereocenters. The molecule has 1 aromatic rings. The van der Waals surface area contributed by atoms with Gasteiger partial charge in [0.05, 0.1) is 6.04 Å². The summed E-state index contributed by atoms with van der Waals surface area (Å²) in [4.78, 5) is 65.5. The van der Waals surface area contributed by atoms with E-state index >= 15 is 0 Å². The molecule has 41 heavy (non-hydrogen) atoms. The average Bonchev–Trinajstić information content (AvgIpc) is 2.92. The van der Waals surface area contributed by atoms with E-state index in [0.717, 1.165) is 32.1 Å². The summed E-state index contributed by atoms with van der Waals surface area (Å²) < 4.78 is 5.30. The zero-order valence-corrected chi connectivity index (χ0v) is 23.6. The number of hydrogen-bond donors (Lipinski definition) is 4. The molecule has 0 saturated heterocycles. The van der Waals surface area contributed by atoms with Gasteiger partial charge in [0.25, 0.3) is 0 Å². The summed E-state index contributed by atoms with van der Waals surface area (Å²) in [5.41, 5.74) is 12.2. The van der Waals surface area contributed by atoms with Crippen LogP contribution in [0, 0.1) is 0 Å². The number of carbonyl (C=O) groups is 5. The summed E-state index contributed by atoms with van der Waals surface area (Å²) in [6.07, 6.45) is 5.44. The lowest BCUT2D eigenvalue weighted by Crippen LogP contribution is -2.54. The number of aliphatic carboxylic acids is 2. The Labute approximate surface area is 241 Å². The van der Waals surface area contributed by atoms with Crippen LogP contribution in [0.2, 0.25) is 0 Å². The van der Waals surface area contributed by atoms with Gasteiger partial charge in [-0.1, -0.05) is 68.9 Å². The van der Waals surface area contributed by atoms with E-state index in [-0.39, 0.29) is 25.5 Å². The molecule has 0 radical (unpaired) electrons. The Morgan fingerprint density at radius 1 is 0.927 bits per heavy atom. The van der Waals surface area contributed by atoms with E-state index in [2.05, 4.69) is 0 Å². The summed E-state index contributed by atoms with van der Waals surface area (Å²) in [6.45, 7) is -0.322. The highest BCUT2D eigenvalue weighted by molar-refractivity contribution is 5.99. The minimum Gasteiger partial charge on any atom is -0.480 e. The van der Waals surface area contributed by atoms with E-state index in [4.69, 9.17) is 16.2 Å². The van der Waals surface area contributed by atoms with E-state index in [1.807, 2.05) is 0 Å². The van der Waals surface area contributed by atoms with Crippen molar-refractivity contribution in [3.8, 4) is 0 Å². The first-order chi connectivity index (χ1) is 19.6. The molecule has 1 aliphatic carbocycles. The van der Waals surface area contributed by atoms with Crippen LogP contribution in [0.4, 0.5) is 4.79 Å². The van der Waals surface area contributed by atoms with Gasteiger partial charge in [-0.2, -0.15) is 0 Å². The normalized spacial score (nSPS) is 15.6. The number of rotatable bonds is 15. The Morgan fingerprint density at radius 2 is 1.56 bits per heavy atom. The smallest absolute Gasteiger partial charge is 0.417 e. The van der Waals surface area contributed by atoms with E-state index in [9.17, 15) is 34.2 Å². The number of nitrogens with two attached hydrogens (primary N) is 2. The predicted octanol–water partition coefficient (Wildman–Crippen LogP) is 2.87. The minimum atomic E-state index is -1.74. The van der Waals surface area contributed by atoms with Gasteiger partial charge in [-0.05, 0) is 44.2 Å². The van der Waals surface area contributed by atoms with Crippen LogP contribution in [0.15, 0.2) is 30.3 Å². The zero-order chi connectivity index (χ0) is 30.2. The summed E-state index contributed by atoms with van der Waals surface area (Å²) in [5, 5.41) is 19.5. The molecular weight excluding hydrogens is 532 g/mol. The molecule has 0 unspecified atom stereocenters. The maximum atomic E-state index is 13.3. The highest BCUT2D eigenvalue weighted by Gasteiger charge is 2.39. The molecule has 1 aromatic carbocycles. The van der Waals surface area contributed by atoms with Crippen LogP contribution < -0.4 is 11.5 Å². The van der Waals surface area contributed by atoms with Gasteiger partial charge < -0.3 is 31.3 Å². The first-order valence-electron chi connectivity index (χ1n) is 14.4. The van der Waals surface area contributed by atoms with Crippen LogP contribution in [-0.2, 0) is 30.5 Å². The second kappa shape index (κ2) is 18.0. The molecule has 12 nitrogen and oxygen atoms in total. The molecule has 6 N–H and O–H groups in total. The fraction of sp³-hybridized carbons (Fsp3) is 0.621. The third-order valence-corrected chi connectivity index (χ3v) is 7.30. The van der Waals surface area contributed by atoms with Crippen LogP contribution in [0.1, 0.15) is 82.6 Å². The van der Waals surface area contributed by atoms with Crippen molar-refractivity contribution < 1.29 is 38.9 Å². The molecule has 3 amide bonds. The van der Waals surface area contributed by atoms with Crippen molar-refractivity contribution in [2.45, 2.75) is 102 Å². The largest absolute Gasteiger partial charge is 0.480 e. The van der Waals surface area contributed by atoms with Gasteiger partial charge in [0.2, 0.25) is 11.8 Å². The lowest BCUT2D eigenvalue weighted by atomic mass is 9.95. The summed E-state index contributed by atoms with van der Waals surface area (Å²) >= 11 is 0. The highest BCUT2D eigenvalue weighted by atomic mass is 16.6. The van der Waals surface area contributed by atoms with Crippen molar-refractivity contribution in [2.75, 3.05) is 13.1 Å². The van der Waals surface area contributed by atoms with Gasteiger partial charge in [0.15, 0.2) is 0 Å². The number of carbonyl (C=O) groups excluding carboxylic acids is 3. The van der Waals surface area contributed by atoms with Gasteiger partial charge in [-0.25, -0.2) is 14.5 Å². The Morgan fingerprint density at radius 3 is 2.15 bits per heavy atom. The number of hydrogen-bond acceptors (Lipinski definition) is 8. The zero-order valence-electron chi connectivity index (χ0n) is 23.6. The molecule has 1 fully saturated rings. The van der Waals surface area contributed by atoms with Crippen molar-refractivity contribution in [2.24, 2.45) is 11.5 Å². The van der Waals surface area contributed by atoms with Crippen LogP contribution in [0.5, 0.6) is 0 Å². The topological polar surface area (TPSA) is 194 Å². The number of unbranched alkanes of at least 4 members (excludes halogenated alkanes) is 1. The number of carboxylic acid groups (broad SMARTS) is 2. The number of ether oxygens (including phenoxy) is 1. The lowest BCUT2D eigenvalue weighted by molar-refractivity contribution is -0.151. The van der Waals surface area contributed by atoms with Crippen LogP contribution in [-0.4, -0.2) is 81.1 Å². The number of imide groups is 1. The van der Waals surface area contributed by atoms with Crippen LogP contribution in [0.3, 0.4) is 0 Å². The molecule has 0 aliphatic heterocycles. The summed E-state index contributed by atoms with van der Waals surface area (Å²) in [5.74, 6) is -4.14. The van der Waals surface area contributed by atoms with Gasteiger partial charge in [-0.15, -0.1) is 0 Å². The second-order valence-corrected chi connectivity index (χ2v) is 10.4. The van der Waals surface area contributed by atoms with Gasteiger partial charge in [0.1, 0.15) is 19.2 Å². The van der Waals surface area contributed by atoms with Crippen molar-refractivity contribution in [3.63, 3.8) is 0 Å². The quantitative estimate of drug-likeness (QED) is 0.226. The Kier molecular flexibility index (Phi) is 14.8. The fourth-order valence-electron chi connectivity index (χ4n) is 5.05. The number of benzene rings is 1. The third-order valence-electron chi connectivity index (χ3n) is 7.30. The monoisotopic (exact) mass is 576 g/mol. The fourth-order valence-corrected chi connectivity index (χ4v) is 5.05. The van der Waals surface area contributed by atoms with Crippen LogP contribution >= 0.6 is 0 Å². The van der Waals surface area contributed by atoms with E-state index in [0.29, 0.717) is 42.7 Å². The van der Waals surface area contributed by atoms with Crippen molar-refractivity contribution >= 4 is 29.8 Å². The molecule has 12 heteroatoms. The molecule has 2 rings (SSSR count). The van der Waals surface area contributed by atoms with Gasteiger partial charge in [-0.3, -0.25) is 14.4 Å². The third kappa shape index (κ3) is 11.5.